The van der Waals surface area contributed by atoms with E-state index in [4.69, 9.17) is 4.74 Å². The van der Waals surface area contributed by atoms with E-state index >= 15 is 0 Å². The summed E-state index contributed by atoms with van der Waals surface area (Å²) in [4.78, 5) is 9.95. The van der Waals surface area contributed by atoms with E-state index in [0.29, 0.717) is 11.5 Å². The predicted octanol–water partition coefficient (Wildman–Crippen LogP) is 8.66. The zero-order chi connectivity index (χ0) is 22.3. The molecular formula is C22H38FNO3. The normalized spacial score (nSPS) is 7.37. The topological polar surface area (TPSA) is 52.4 Å². The lowest BCUT2D eigenvalue weighted by Crippen LogP contribution is -1.88. The largest absolute Gasteiger partial charge is 0.457 e. The molecule has 5 heteroatoms. The molecule has 0 N–H and O–H groups in total. The maximum Gasteiger partial charge on any atom is 0.269 e. The maximum absolute atomic E-state index is 12.6. The van der Waals surface area contributed by atoms with Gasteiger partial charge >= 0.3 is 0 Å². The first-order valence-corrected chi connectivity index (χ1v) is 9.83. The Labute approximate surface area is 165 Å². The Morgan fingerprint density at radius 3 is 1.26 bits per heavy atom. The molecule has 2 rings (SSSR count). The first-order valence-electron chi connectivity index (χ1n) is 9.83. The molecule has 0 bridgehead atoms. The summed E-state index contributed by atoms with van der Waals surface area (Å²) in [5.74, 6) is 0.587. The summed E-state index contributed by atoms with van der Waals surface area (Å²) in [6.45, 7) is 20.0. The van der Waals surface area contributed by atoms with Crippen LogP contribution in [0.1, 0.15) is 69.2 Å². The van der Waals surface area contributed by atoms with Gasteiger partial charge in [0.15, 0.2) is 0 Å². The van der Waals surface area contributed by atoms with E-state index in [1.807, 2.05) is 69.2 Å². The van der Waals surface area contributed by atoms with Gasteiger partial charge < -0.3 is 4.74 Å². The summed E-state index contributed by atoms with van der Waals surface area (Å²) in [6, 6.07) is 11.2. The first kappa shape index (κ1) is 32.3. The molecule has 0 spiro atoms. The van der Waals surface area contributed by atoms with Crippen molar-refractivity contribution in [2.75, 3.05) is 0 Å². The second kappa shape index (κ2) is 25.8. The molecule has 0 aromatic heterocycles. The third-order valence-electron chi connectivity index (χ3n) is 2.10. The number of nitrogens with zero attached hydrogens (tertiary/aromatic N) is 1. The summed E-state index contributed by atoms with van der Waals surface area (Å²) in [5.41, 5.74) is -0.00328. The number of hydrogen-bond acceptors (Lipinski definition) is 3. The monoisotopic (exact) mass is 383 g/mol. The molecule has 0 amide bonds. The fourth-order valence-corrected chi connectivity index (χ4v) is 1.27. The van der Waals surface area contributed by atoms with Crippen molar-refractivity contribution in [2.45, 2.75) is 69.2 Å². The van der Waals surface area contributed by atoms with Gasteiger partial charge in [-0.2, -0.15) is 0 Å². The van der Waals surface area contributed by atoms with Gasteiger partial charge in [0, 0.05) is 12.1 Å². The van der Waals surface area contributed by atoms with Crippen molar-refractivity contribution in [1.82, 2.24) is 0 Å². The van der Waals surface area contributed by atoms with E-state index in [2.05, 4.69) is 0 Å². The van der Waals surface area contributed by atoms with Crippen molar-refractivity contribution in [2.24, 2.45) is 0 Å². The lowest BCUT2D eigenvalue weighted by molar-refractivity contribution is -0.384. The summed E-state index contributed by atoms with van der Waals surface area (Å²) >= 11 is 0. The minimum absolute atomic E-state index is 0.00328. The second-order valence-corrected chi connectivity index (χ2v) is 3.31. The summed E-state index contributed by atoms with van der Waals surface area (Å²) in [5, 5.41) is 10.4. The Balaban J connectivity index is -0.000000230. The fraction of sp³-hybridized carbons (Fsp3) is 0.455. The Morgan fingerprint density at radius 2 is 0.963 bits per heavy atom. The Bertz CT molecular complexity index is 526. The molecule has 0 heterocycles. The van der Waals surface area contributed by atoms with Crippen molar-refractivity contribution >= 4 is 5.69 Å². The van der Waals surface area contributed by atoms with Crippen LogP contribution in [0.2, 0.25) is 0 Å². The van der Waals surface area contributed by atoms with Crippen LogP contribution in [0.3, 0.4) is 0 Å². The zero-order valence-corrected chi connectivity index (χ0v) is 18.7. The SMILES string of the molecule is CC.CC.CC.CC.CC.O=[N+]([O-])c1ccc(Oc2ccc(F)cc2)cc1. The van der Waals surface area contributed by atoms with Crippen LogP contribution in [0, 0.1) is 15.9 Å². The zero-order valence-electron chi connectivity index (χ0n) is 18.7. The van der Waals surface area contributed by atoms with Gasteiger partial charge in [0.25, 0.3) is 5.69 Å². The molecular weight excluding hydrogens is 345 g/mol. The maximum atomic E-state index is 12.6. The van der Waals surface area contributed by atoms with Gasteiger partial charge in [-0.05, 0) is 36.4 Å². The van der Waals surface area contributed by atoms with Gasteiger partial charge in [0.1, 0.15) is 17.3 Å². The number of rotatable bonds is 3. The van der Waals surface area contributed by atoms with Crippen LogP contribution >= 0.6 is 0 Å². The van der Waals surface area contributed by atoms with E-state index in [-0.39, 0.29) is 11.5 Å². The predicted molar refractivity (Wildman–Crippen MR) is 116 cm³/mol. The molecule has 0 unspecified atom stereocenters. The quantitative estimate of drug-likeness (QED) is 0.393. The molecule has 0 fully saturated rings. The molecule has 0 saturated heterocycles. The number of nitro groups is 1. The highest BCUT2D eigenvalue weighted by Crippen LogP contribution is 2.23. The first-order chi connectivity index (χ1) is 13.1. The van der Waals surface area contributed by atoms with Gasteiger partial charge in [0.2, 0.25) is 0 Å². The number of non-ortho nitro benzene ring substituents is 1. The van der Waals surface area contributed by atoms with Crippen LogP contribution in [0.25, 0.3) is 0 Å². The molecule has 2 aromatic carbocycles. The smallest absolute Gasteiger partial charge is 0.269 e. The lowest BCUT2D eigenvalue weighted by atomic mass is 10.3. The van der Waals surface area contributed by atoms with Gasteiger partial charge in [-0.15, -0.1) is 0 Å². The van der Waals surface area contributed by atoms with Crippen LogP contribution in [0.4, 0.5) is 10.1 Å². The minimum atomic E-state index is -0.484. The highest BCUT2D eigenvalue weighted by atomic mass is 19.1. The molecule has 0 atom stereocenters. The van der Waals surface area contributed by atoms with Crippen LogP contribution < -0.4 is 4.74 Å². The standard InChI is InChI=1S/C12H8FNO3.5C2H6/c13-9-1-5-11(6-2-9)17-12-7-3-10(4-8-12)14(15)16;5*1-2/h1-8H;5*1-2H3. The minimum Gasteiger partial charge on any atom is -0.457 e. The number of benzene rings is 2. The van der Waals surface area contributed by atoms with Crippen LogP contribution in [0.15, 0.2) is 48.5 Å². The average molecular weight is 384 g/mol. The molecule has 0 aliphatic carbocycles. The molecule has 0 radical (unpaired) electrons. The van der Waals surface area contributed by atoms with Crippen molar-refractivity contribution in [3.8, 4) is 11.5 Å². The molecule has 2 aromatic rings. The van der Waals surface area contributed by atoms with Crippen LogP contribution in [0.5, 0.6) is 11.5 Å². The average Bonchev–Trinajstić information content (AvgIpc) is 2.77. The van der Waals surface area contributed by atoms with E-state index in [1.165, 1.54) is 48.5 Å². The van der Waals surface area contributed by atoms with Gasteiger partial charge in [-0.25, -0.2) is 4.39 Å². The van der Waals surface area contributed by atoms with Crippen molar-refractivity contribution < 1.29 is 14.1 Å². The summed E-state index contributed by atoms with van der Waals surface area (Å²) in [7, 11) is 0. The van der Waals surface area contributed by atoms with Gasteiger partial charge in [-0.1, -0.05) is 69.2 Å². The molecule has 27 heavy (non-hydrogen) atoms. The molecule has 0 aliphatic rings. The number of halogens is 1. The van der Waals surface area contributed by atoms with Gasteiger partial charge in [-0.3, -0.25) is 10.1 Å². The van der Waals surface area contributed by atoms with E-state index in [9.17, 15) is 14.5 Å². The van der Waals surface area contributed by atoms with Crippen LogP contribution in [-0.2, 0) is 0 Å². The van der Waals surface area contributed by atoms with E-state index < -0.39 is 4.92 Å². The molecule has 156 valence electrons. The third kappa shape index (κ3) is 16.8. The Morgan fingerprint density at radius 1 is 0.667 bits per heavy atom. The fourth-order valence-electron chi connectivity index (χ4n) is 1.27. The Kier molecular flexibility index (Phi) is 30.8. The summed E-state index contributed by atoms with van der Waals surface area (Å²) in [6.07, 6.45) is 0. The molecule has 4 nitrogen and oxygen atoms in total. The third-order valence-corrected chi connectivity index (χ3v) is 2.10. The number of hydrogen-bond donors (Lipinski definition) is 0. The number of ether oxygens (including phenoxy) is 1. The van der Waals surface area contributed by atoms with Crippen LogP contribution in [-0.4, -0.2) is 4.92 Å². The Hall–Kier alpha value is -2.43. The van der Waals surface area contributed by atoms with E-state index in [0.717, 1.165) is 0 Å². The van der Waals surface area contributed by atoms with Crippen molar-refractivity contribution in [1.29, 1.82) is 0 Å². The molecule has 0 saturated carbocycles. The lowest BCUT2D eigenvalue weighted by Gasteiger charge is -2.04. The van der Waals surface area contributed by atoms with Gasteiger partial charge in [0.05, 0.1) is 4.92 Å². The van der Waals surface area contributed by atoms with Crippen molar-refractivity contribution in [3.05, 3.63) is 64.5 Å². The van der Waals surface area contributed by atoms with E-state index in [1.54, 1.807) is 0 Å². The number of nitro benzene ring substituents is 1. The second-order valence-electron chi connectivity index (χ2n) is 3.31. The summed E-state index contributed by atoms with van der Waals surface area (Å²) < 4.78 is 18.0. The van der Waals surface area contributed by atoms with Crippen molar-refractivity contribution in [3.63, 3.8) is 0 Å². The highest BCUT2D eigenvalue weighted by Gasteiger charge is 2.04. The molecule has 0 aliphatic heterocycles. The highest BCUT2D eigenvalue weighted by molar-refractivity contribution is 5.38.